The molecule has 0 unspecified atom stereocenters. The van der Waals surface area contributed by atoms with E-state index in [2.05, 4.69) is 14.7 Å². The van der Waals surface area contributed by atoms with Crippen LogP contribution in [0.5, 0.6) is 5.75 Å². The number of carbonyl (C=O) groups is 1. The van der Waals surface area contributed by atoms with Gasteiger partial charge in [-0.2, -0.15) is 18.2 Å². The third-order valence-electron chi connectivity index (χ3n) is 3.79. The third-order valence-corrected chi connectivity index (χ3v) is 4.80. The van der Waals surface area contributed by atoms with Crippen molar-refractivity contribution in [3.63, 3.8) is 0 Å². The summed E-state index contributed by atoms with van der Waals surface area (Å²) >= 11 is 1.47. The van der Waals surface area contributed by atoms with Gasteiger partial charge in [-0.05, 0) is 17.7 Å². The minimum Gasteiger partial charge on any atom is -0.497 e. The highest BCUT2D eigenvalue weighted by atomic mass is 32.2. The summed E-state index contributed by atoms with van der Waals surface area (Å²) in [5.74, 6) is 0.0729. The highest BCUT2D eigenvalue weighted by Crippen LogP contribution is 2.29. The molecular weight excluding hydrogens is 393 g/mol. The van der Waals surface area contributed by atoms with Crippen molar-refractivity contribution in [3.8, 4) is 17.1 Å². The van der Waals surface area contributed by atoms with Crippen molar-refractivity contribution in [2.45, 2.75) is 11.9 Å². The normalized spacial score (nSPS) is 11.4. The molecule has 0 spiro atoms. The van der Waals surface area contributed by atoms with E-state index in [-0.39, 0.29) is 17.4 Å². The van der Waals surface area contributed by atoms with Crippen molar-refractivity contribution in [2.75, 3.05) is 12.9 Å². The predicted molar refractivity (Wildman–Crippen MR) is 98.2 cm³/mol. The lowest BCUT2D eigenvalue weighted by Crippen LogP contribution is -2.05. The minimum atomic E-state index is -4.69. The molecule has 9 heteroatoms. The van der Waals surface area contributed by atoms with E-state index in [1.165, 1.54) is 36.0 Å². The molecule has 0 aliphatic heterocycles. The monoisotopic (exact) mass is 408 g/mol. The minimum absolute atomic E-state index is 0.0749. The summed E-state index contributed by atoms with van der Waals surface area (Å²) < 4.78 is 46.9. The summed E-state index contributed by atoms with van der Waals surface area (Å²) in [6.45, 7) is 0. The standard InChI is InChI=1S/C19H15F3N2O3S/c1-26-15-8-2-12(3-9-15)10-28-11-16(25)13-4-6-14(7-5-13)17-23-18(27-24-17)19(20,21)22/h2-9H,10-11H2,1H3. The first-order valence-corrected chi connectivity index (χ1v) is 9.27. The zero-order chi connectivity index (χ0) is 20.1. The average molecular weight is 408 g/mol. The van der Waals surface area contributed by atoms with Crippen molar-refractivity contribution in [3.05, 3.63) is 65.5 Å². The SMILES string of the molecule is COc1ccc(CSCC(=O)c2ccc(-c3noc(C(F)(F)F)n3)cc2)cc1. The summed E-state index contributed by atoms with van der Waals surface area (Å²) in [5, 5.41) is 3.32. The number of hydrogen-bond donors (Lipinski definition) is 0. The molecule has 1 aromatic heterocycles. The lowest BCUT2D eigenvalue weighted by Gasteiger charge is -2.04. The largest absolute Gasteiger partial charge is 0.497 e. The number of Topliss-reactive ketones (excluding diaryl/α,β-unsaturated/α-hetero) is 1. The first-order chi connectivity index (χ1) is 13.4. The summed E-state index contributed by atoms with van der Waals surface area (Å²) in [6, 6.07) is 13.6. The Kier molecular flexibility index (Phi) is 6.03. The highest BCUT2D eigenvalue weighted by molar-refractivity contribution is 7.99. The molecule has 0 aliphatic carbocycles. The molecule has 0 N–H and O–H groups in total. The van der Waals surface area contributed by atoms with Crippen LogP contribution in [0.4, 0.5) is 13.2 Å². The molecule has 146 valence electrons. The third kappa shape index (κ3) is 4.92. The fourth-order valence-corrected chi connectivity index (χ4v) is 3.21. The van der Waals surface area contributed by atoms with E-state index in [9.17, 15) is 18.0 Å². The van der Waals surface area contributed by atoms with E-state index >= 15 is 0 Å². The molecule has 0 radical (unpaired) electrons. The fraction of sp³-hybridized carbons (Fsp3) is 0.211. The Balaban J connectivity index is 1.56. The lowest BCUT2D eigenvalue weighted by molar-refractivity contribution is -0.159. The Morgan fingerprint density at radius 2 is 1.79 bits per heavy atom. The second-order valence-electron chi connectivity index (χ2n) is 5.76. The molecule has 3 aromatic rings. The van der Waals surface area contributed by atoms with Gasteiger partial charge < -0.3 is 9.26 Å². The number of ether oxygens (including phenoxy) is 1. The smallest absolute Gasteiger partial charge is 0.471 e. The number of alkyl halides is 3. The highest BCUT2D eigenvalue weighted by Gasteiger charge is 2.38. The molecule has 2 aromatic carbocycles. The Morgan fingerprint density at radius 1 is 1.11 bits per heavy atom. The fourth-order valence-electron chi connectivity index (χ4n) is 2.33. The van der Waals surface area contributed by atoms with Gasteiger partial charge >= 0.3 is 12.1 Å². The molecule has 0 atom stereocenters. The summed E-state index contributed by atoms with van der Waals surface area (Å²) in [5.41, 5.74) is 1.87. The van der Waals surface area contributed by atoms with Gasteiger partial charge in [0.15, 0.2) is 5.78 Å². The number of thioether (sulfide) groups is 1. The summed E-state index contributed by atoms with van der Waals surface area (Å²) in [6.07, 6.45) is -4.69. The van der Waals surface area contributed by atoms with Gasteiger partial charge in [-0.15, -0.1) is 11.8 Å². The predicted octanol–water partition coefficient (Wildman–Crippen LogP) is 4.88. The van der Waals surface area contributed by atoms with Crippen LogP contribution in [0.25, 0.3) is 11.4 Å². The molecule has 0 saturated carbocycles. The Hall–Kier alpha value is -2.81. The first-order valence-electron chi connectivity index (χ1n) is 8.12. The molecule has 0 saturated heterocycles. The van der Waals surface area contributed by atoms with Gasteiger partial charge in [-0.3, -0.25) is 4.79 Å². The van der Waals surface area contributed by atoms with Crippen molar-refractivity contribution in [2.24, 2.45) is 0 Å². The van der Waals surface area contributed by atoms with Crippen LogP contribution in [0, 0.1) is 0 Å². The number of ketones is 1. The van der Waals surface area contributed by atoms with Gasteiger partial charge in [0, 0.05) is 16.9 Å². The molecule has 5 nitrogen and oxygen atoms in total. The van der Waals surface area contributed by atoms with Crippen LogP contribution < -0.4 is 4.74 Å². The molecular formula is C19H15F3N2O3S. The number of carbonyl (C=O) groups excluding carboxylic acids is 1. The van der Waals surface area contributed by atoms with Crippen LogP contribution in [-0.4, -0.2) is 28.8 Å². The first kappa shape index (κ1) is 19.9. The number of aromatic nitrogens is 2. The number of halogens is 3. The van der Waals surface area contributed by atoms with Gasteiger partial charge in [-0.25, -0.2) is 0 Å². The summed E-state index contributed by atoms with van der Waals surface area (Å²) in [7, 11) is 1.60. The number of methoxy groups -OCH3 is 1. The lowest BCUT2D eigenvalue weighted by atomic mass is 10.1. The topological polar surface area (TPSA) is 65.2 Å². The van der Waals surface area contributed by atoms with E-state index in [0.29, 0.717) is 16.9 Å². The van der Waals surface area contributed by atoms with Crippen molar-refractivity contribution >= 4 is 17.5 Å². The zero-order valence-corrected chi connectivity index (χ0v) is 15.5. The van der Waals surface area contributed by atoms with E-state index in [1.807, 2.05) is 24.3 Å². The molecule has 3 rings (SSSR count). The number of benzene rings is 2. The van der Waals surface area contributed by atoms with Crippen molar-refractivity contribution in [1.29, 1.82) is 0 Å². The van der Waals surface area contributed by atoms with Crippen LogP contribution in [-0.2, 0) is 11.9 Å². The molecule has 0 aliphatic rings. The van der Waals surface area contributed by atoms with Crippen LogP contribution >= 0.6 is 11.8 Å². The van der Waals surface area contributed by atoms with E-state index < -0.39 is 12.1 Å². The number of nitrogens with zero attached hydrogens (tertiary/aromatic N) is 2. The van der Waals surface area contributed by atoms with Crippen LogP contribution in [0.2, 0.25) is 0 Å². The molecule has 0 amide bonds. The van der Waals surface area contributed by atoms with Crippen LogP contribution in [0.15, 0.2) is 53.1 Å². The molecule has 1 heterocycles. The number of hydrogen-bond acceptors (Lipinski definition) is 6. The Bertz CT molecular complexity index is 938. The number of rotatable bonds is 7. The maximum atomic E-state index is 12.5. The van der Waals surface area contributed by atoms with Crippen LogP contribution in [0.1, 0.15) is 21.8 Å². The molecule has 0 fully saturated rings. The van der Waals surface area contributed by atoms with Crippen LogP contribution in [0.3, 0.4) is 0 Å². The maximum Gasteiger partial charge on any atom is 0.471 e. The Labute approximate surface area is 162 Å². The van der Waals surface area contributed by atoms with Crippen molar-refractivity contribution in [1.82, 2.24) is 10.1 Å². The maximum absolute atomic E-state index is 12.5. The Morgan fingerprint density at radius 3 is 2.36 bits per heavy atom. The van der Waals surface area contributed by atoms with Gasteiger partial charge in [0.1, 0.15) is 5.75 Å². The average Bonchev–Trinajstić information content (AvgIpc) is 3.19. The van der Waals surface area contributed by atoms with Gasteiger partial charge in [0.05, 0.1) is 12.9 Å². The molecule has 28 heavy (non-hydrogen) atoms. The summed E-state index contributed by atoms with van der Waals surface area (Å²) in [4.78, 5) is 15.6. The van der Waals surface area contributed by atoms with Gasteiger partial charge in [0.25, 0.3) is 0 Å². The second-order valence-corrected chi connectivity index (χ2v) is 6.75. The second kappa shape index (κ2) is 8.47. The van der Waals surface area contributed by atoms with Gasteiger partial charge in [-0.1, -0.05) is 41.6 Å². The van der Waals surface area contributed by atoms with Gasteiger partial charge in [0.2, 0.25) is 5.82 Å². The quantitative estimate of drug-likeness (QED) is 0.519. The van der Waals surface area contributed by atoms with E-state index in [0.717, 1.165) is 11.3 Å². The molecule has 0 bridgehead atoms. The van der Waals surface area contributed by atoms with Crippen molar-refractivity contribution < 1.29 is 27.2 Å². The van der Waals surface area contributed by atoms with E-state index in [1.54, 1.807) is 7.11 Å². The zero-order valence-electron chi connectivity index (χ0n) is 14.7. The van der Waals surface area contributed by atoms with E-state index in [4.69, 9.17) is 4.74 Å².